The highest BCUT2D eigenvalue weighted by Gasteiger charge is 2.40. The summed E-state index contributed by atoms with van der Waals surface area (Å²) in [6.45, 7) is 0.403. The van der Waals surface area contributed by atoms with E-state index in [0.29, 0.717) is 17.8 Å². The SMILES string of the molecule is O=C(NCc1ccccc1)c1ccc(NC2=C(Cl)C(=O)N(c3cccc(Cl)c3Cl)C2=O)cc1. The number of imide groups is 1. The Balaban J connectivity index is 1.46. The van der Waals surface area contributed by atoms with Gasteiger partial charge in [-0.15, -0.1) is 0 Å². The van der Waals surface area contributed by atoms with Crippen molar-refractivity contribution in [3.63, 3.8) is 0 Å². The maximum absolute atomic E-state index is 12.9. The molecule has 33 heavy (non-hydrogen) atoms. The maximum Gasteiger partial charge on any atom is 0.283 e. The zero-order valence-electron chi connectivity index (χ0n) is 16.9. The minimum absolute atomic E-state index is 0.0671. The van der Waals surface area contributed by atoms with Crippen molar-refractivity contribution in [3.8, 4) is 0 Å². The van der Waals surface area contributed by atoms with Gasteiger partial charge in [0, 0.05) is 17.8 Å². The molecule has 3 amide bonds. The number of amides is 3. The molecule has 3 aromatic rings. The van der Waals surface area contributed by atoms with Crippen molar-refractivity contribution >= 4 is 63.9 Å². The first-order valence-electron chi connectivity index (χ1n) is 9.78. The summed E-state index contributed by atoms with van der Waals surface area (Å²) in [7, 11) is 0. The van der Waals surface area contributed by atoms with Crippen LogP contribution in [0.1, 0.15) is 15.9 Å². The third-order valence-corrected chi connectivity index (χ3v) is 6.07. The lowest BCUT2D eigenvalue weighted by Crippen LogP contribution is -2.32. The fourth-order valence-corrected chi connectivity index (χ4v) is 3.82. The van der Waals surface area contributed by atoms with Crippen molar-refractivity contribution < 1.29 is 14.4 Å². The van der Waals surface area contributed by atoms with Gasteiger partial charge in [-0.2, -0.15) is 0 Å². The number of benzene rings is 3. The number of carbonyl (C=O) groups excluding carboxylic acids is 3. The highest BCUT2D eigenvalue weighted by atomic mass is 35.5. The largest absolute Gasteiger partial charge is 0.350 e. The first kappa shape index (κ1) is 22.9. The summed E-state index contributed by atoms with van der Waals surface area (Å²) in [6.07, 6.45) is 0. The topological polar surface area (TPSA) is 78.5 Å². The fourth-order valence-electron chi connectivity index (χ4n) is 3.22. The number of hydrogen-bond donors (Lipinski definition) is 2. The van der Waals surface area contributed by atoms with Crippen molar-refractivity contribution in [2.45, 2.75) is 6.54 Å². The molecule has 0 fully saturated rings. The Morgan fingerprint density at radius 2 is 1.52 bits per heavy atom. The molecule has 0 saturated carbocycles. The molecule has 1 aliphatic rings. The minimum Gasteiger partial charge on any atom is -0.350 e. The lowest BCUT2D eigenvalue weighted by atomic mass is 10.1. The predicted molar refractivity (Wildman–Crippen MR) is 130 cm³/mol. The fraction of sp³-hybridized carbons (Fsp3) is 0.0417. The number of anilines is 2. The molecule has 0 spiro atoms. The molecule has 0 aromatic heterocycles. The molecule has 3 aromatic carbocycles. The molecule has 0 atom stereocenters. The zero-order chi connectivity index (χ0) is 23.5. The molecule has 0 bridgehead atoms. The van der Waals surface area contributed by atoms with Crippen LogP contribution in [0.5, 0.6) is 0 Å². The molecule has 0 radical (unpaired) electrons. The van der Waals surface area contributed by atoms with E-state index in [0.717, 1.165) is 10.5 Å². The lowest BCUT2D eigenvalue weighted by molar-refractivity contribution is -0.120. The molecule has 0 saturated heterocycles. The van der Waals surface area contributed by atoms with E-state index in [2.05, 4.69) is 10.6 Å². The second-order valence-electron chi connectivity index (χ2n) is 7.08. The molecule has 6 nitrogen and oxygen atoms in total. The Bertz CT molecular complexity index is 1280. The van der Waals surface area contributed by atoms with Crippen molar-refractivity contribution in [3.05, 3.63) is 105 Å². The van der Waals surface area contributed by atoms with Gasteiger partial charge < -0.3 is 10.6 Å². The average molecular weight is 501 g/mol. The lowest BCUT2D eigenvalue weighted by Gasteiger charge is -2.17. The predicted octanol–water partition coefficient (Wildman–Crippen LogP) is 5.36. The Morgan fingerprint density at radius 1 is 0.818 bits per heavy atom. The van der Waals surface area contributed by atoms with Crippen LogP contribution in [0, 0.1) is 0 Å². The standard InChI is InChI=1S/C24H16Cl3N3O3/c25-17-7-4-8-18(19(17)26)30-23(32)20(27)21(24(30)33)29-16-11-9-15(10-12-16)22(31)28-13-14-5-2-1-3-6-14/h1-12,29H,13H2,(H,28,31). The van der Waals surface area contributed by atoms with Crippen LogP contribution < -0.4 is 15.5 Å². The number of halogens is 3. The number of nitrogens with zero attached hydrogens (tertiary/aromatic N) is 1. The molecule has 1 heterocycles. The molecule has 1 aliphatic heterocycles. The summed E-state index contributed by atoms with van der Waals surface area (Å²) in [5.74, 6) is -1.62. The third kappa shape index (κ3) is 4.73. The van der Waals surface area contributed by atoms with E-state index in [-0.39, 0.29) is 32.4 Å². The molecule has 2 N–H and O–H groups in total. The summed E-state index contributed by atoms with van der Waals surface area (Å²) < 4.78 is 0. The highest BCUT2D eigenvalue weighted by molar-refractivity contribution is 6.54. The second kappa shape index (κ2) is 9.67. The number of hydrogen-bond acceptors (Lipinski definition) is 4. The van der Waals surface area contributed by atoms with Gasteiger partial charge in [-0.05, 0) is 42.0 Å². The number of carbonyl (C=O) groups is 3. The van der Waals surface area contributed by atoms with Crippen molar-refractivity contribution in [2.75, 3.05) is 10.2 Å². The Hall–Kier alpha value is -3.32. The van der Waals surface area contributed by atoms with Crippen LogP contribution in [0.15, 0.2) is 83.5 Å². The van der Waals surface area contributed by atoms with Crippen molar-refractivity contribution in [2.24, 2.45) is 0 Å². The van der Waals surface area contributed by atoms with E-state index in [4.69, 9.17) is 34.8 Å². The minimum atomic E-state index is -0.717. The Kier molecular flexibility index (Phi) is 6.70. The van der Waals surface area contributed by atoms with Crippen molar-refractivity contribution in [1.82, 2.24) is 5.32 Å². The van der Waals surface area contributed by atoms with Gasteiger partial charge in [0.15, 0.2) is 0 Å². The van der Waals surface area contributed by atoms with Crippen molar-refractivity contribution in [1.29, 1.82) is 0 Å². The second-order valence-corrected chi connectivity index (χ2v) is 8.24. The highest BCUT2D eigenvalue weighted by Crippen LogP contribution is 2.37. The summed E-state index contributed by atoms with van der Waals surface area (Å²) in [5.41, 5.74) is 1.94. The summed E-state index contributed by atoms with van der Waals surface area (Å²) in [6, 6.07) is 20.6. The average Bonchev–Trinajstić information content (AvgIpc) is 3.03. The van der Waals surface area contributed by atoms with Crippen LogP contribution in [0.2, 0.25) is 10.0 Å². The third-order valence-electron chi connectivity index (χ3n) is 4.91. The molecular weight excluding hydrogens is 485 g/mol. The van der Waals surface area contributed by atoms with Gasteiger partial charge in [0.25, 0.3) is 17.7 Å². The first-order valence-corrected chi connectivity index (χ1v) is 10.9. The number of rotatable bonds is 6. The van der Waals surface area contributed by atoms with Crippen LogP contribution in [-0.2, 0) is 16.1 Å². The van der Waals surface area contributed by atoms with Gasteiger partial charge in [-0.3, -0.25) is 14.4 Å². The first-order chi connectivity index (χ1) is 15.9. The van der Waals surface area contributed by atoms with Crippen LogP contribution >= 0.6 is 34.8 Å². The van der Waals surface area contributed by atoms with E-state index in [9.17, 15) is 14.4 Å². The molecule has 9 heteroatoms. The van der Waals surface area contributed by atoms with Crippen LogP contribution in [-0.4, -0.2) is 17.7 Å². The Morgan fingerprint density at radius 3 is 2.21 bits per heavy atom. The van der Waals surface area contributed by atoms with Crippen LogP contribution in [0.4, 0.5) is 11.4 Å². The number of nitrogens with one attached hydrogen (secondary N) is 2. The van der Waals surface area contributed by atoms with E-state index < -0.39 is 11.8 Å². The zero-order valence-corrected chi connectivity index (χ0v) is 19.2. The molecule has 4 rings (SSSR count). The van der Waals surface area contributed by atoms with Gasteiger partial charge in [0.2, 0.25) is 0 Å². The Labute approximate surface area is 204 Å². The van der Waals surface area contributed by atoms with E-state index in [1.54, 1.807) is 36.4 Å². The van der Waals surface area contributed by atoms with Gasteiger partial charge >= 0.3 is 0 Å². The maximum atomic E-state index is 12.9. The van der Waals surface area contributed by atoms with Gasteiger partial charge in [0.1, 0.15) is 10.7 Å². The summed E-state index contributed by atoms with van der Waals surface area (Å²) in [5, 5.41) is 5.69. The van der Waals surface area contributed by atoms with Gasteiger partial charge in [-0.1, -0.05) is 71.2 Å². The quantitative estimate of drug-likeness (QED) is 0.447. The summed E-state index contributed by atoms with van der Waals surface area (Å²) in [4.78, 5) is 38.8. The monoisotopic (exact) mass is 499 g/mol. The van der Waals surface area contributed by atoms with Gasteiger partial charge in [-0.25, -0.2) is 4.90 Å². The molecular formula is C24H16Cl3N3O3. The molecule has 166 valence electrons. The molecule has 0 unspecified atom stereocenters. The smallest absolute Gasteiger partial charge is 0.283 e. The van der Waals surface area contributed by atoms with E-state index in [1.807, 2.05) is 30.3 Å². The molecule has 0 aliphatic carbocycles. The van der Waals surface area contributed by atoms with Crippen LogP contribution in [0.3, 0.4) is 0 Å². The van der Waals surface area contributed by atoms with Gasteiger partial charge in [0.05, 0.1) is 15.7 Å². The summed E-state index contributed by atoms with van der Waals surface area (Å²) >= 11 is 18.3. The van der Waals surface area contributed by atoms with Crippen LogP contribution in [0.25, 0.3) is 0 Å². The normalized spacial score (nSPS) is 13.5. The van der Waals surface area contributed by atoms with E-state index in [1.165, 1.54) is 6.07 Å². The van der Waals surface area contributed by atoms with E-state index >= 15 is 0 Å².